The Morgan fingerprint density at radius 2 is 2.12 bits per heavy atom. The van der Waals surface area contributed by atoms with Crippen molar-refractivity contribution in [2.45, 2.75) is 12.8 Å². The Morgan fingerprint density at radius 3 is 2.79 bits per heavy atom. The number of nitrogens with zero attached hydrogens (tertiary/aromatic N) is 3. The molecule has 1 aliphatic carbocycles. The number of hydrogen-bond acceptors (Lipinski definition) is 6. The van der Waals surface area contributed by atoms with Crippen molar-refractivity contribution in [2.24, 2.45) is 5.92 Å². The summed E-state index contributed by atoms with van der Waals surface area (Å²) in [5.74, 6) is 2.77. The van der Waals surface area contributed by atoms with Gasteiger partial charge < -0.3 is 15.4 Å². The lowest BCUT2D eigenvalue weighted by molar-refractivity contribution is 0.415. The van der Waals surface area contributed by atoms with Crippen LogP contribution in [0.3, 0.4) is 0 Å². The quantitative estimate of drug-likeness (QED) is 0.758. The Labute approximate surface area is 141 Å². The highest BCUT2D eigenvalue weighted by molar-refractivity contribution is 5.66. The maximum Gasteiger partial charge on any atom is 0.229 e. The summed E-state index contributed by atoms with van der Waals surface area (Å²) in [6.07, 6.45) is 7.38. The van der Waals surface area contributed by atoms with Gasteiger partial charge >= 0.3 is 0 Å². The lowest BCUT2D eigenvalue weighted by atomic mass is 10.2. The van der Waals surface area contributed by atoms with Crippen molar-refractivity contribution in [2.75, 3.05) is 24.3 Å². The minimum absolute atomic E-state index is 0.507. The molecule has 1 saturated carbocycles. The molecule has 0 radical (unpaired) electrons. The number of nitrogens with one attached hydrogen (secondary N) is 2. The fraction of sp³-hybridized carbons (Fsp3) is 0.278. The standard InChI is InChI=1S/C18H19N5O/c1-24-16-8-6-15(7-9-16)22-18-21-12-14(3-2-10-19)17(23-18)20-11-13-4-5-13/h2-3,6-9,12-13H,4-5,11H2,1H3,(H2,20,21,22,23)/b3-2+. The third-order valence-corrected chi connectivity index (χ3v) is 3.76. The molecule has 0 unspecified atom stereocenters. The van der Waals surface area contributed by atoms with Crippen molar-refractivity contribution in [3.63, 3.8) is 0 Å². The number of allylic oxidation sites excluding steroid dienone is 1. The Morgan fingerprint density at radius 1 is 1.33 bits per heavy atom. The minimum atomic E-state index is 0.507. The zero-order valence-electron chi connectivity index (χ0n) is 13.5. The molecule has 0 aliphatic heterocycles. The van der Waals surface area contributed by atoms with Crippen LogP contribution in [0.2, 0.25) is 0 Å². The normalized spacial score (nSPS) is 13.5. The lowest BCUT2D eigenvalue weighted by Crippen LogP contribution is -2.08. The molecular formula is C18H19N5O. The van der Waals surface area contributed by atoms with Crippen LogP contribution in [0.4, 0.5) is 17.5 Å². The smallest absolute Gasteiger partial charge is 0.229 e. The molecule has 24 heavy (non-hydrogen) atoms. The molecule has 122 valence electrons. The number of rotatable bonds is 7. The first-order valence-electron chi connectivity index (χ1n) is 7.86. The van der Waals surface area contributed by atoms with Gasteiger partial charge in [0.05, 0.1) is 13.2 Å². The number of ether oxygens (including phenoxy) is 1. The third-order valence-electron chi connectivity index (χ3n) is 3.76. The Hall–Kier alpha value is -3.07. The van der Waals surface area contributed by atoms with Crippen molar-refractivity contribution in [3.05, 3.63) is 42.1 Å². The van der Waals surface area contributed by atoms with Crippen LogP contribution < -0.4 is 15.4 Å². The maximum atomic E-state index is 8.72. The Balaban J connectivity index is 1.77. The molecule has 0 amide bonds. The average molecular weight is 321 g/mol. The molecule has 0 spiro atoms. The summed E-state index contributed by atoms with van der Waals surface area (Å²) in [7, 11) is 1.64. The Kier molecular flexibility index (Phi) is 4.92. The van der Waals surface area contributed by atoms with Crippen LogP contribution >= 0.6 is 0 Å². The molecule has 2 N–H and O–H groups in total. The number of hydrogen-bond donors (Lipinski definition) is 2. The molecule has 6 nitrogen and oxygen atoms in total. The van der Waals surface area contributed by atoms with Gasteiger partial charge in [-0.15, -0.1) is 0 Å². The van der Waals surface area contributed by atoms with Crippen molar-refractivity contribution in [1.82, 2.24) is 9.97 Å². The highest BCUT2D eigenvalue weighted by Gasteiger charge is 2.21. The summed E-state index contributed by atoms with van der Waals surface area (Å²) in [6, 6.07) is 9.55. The number of aromatic nitrogens is 2. The van der Waals surface area contributed by atoms with E-state index in [1.807, 2.05) is 30.3 Å². The fourth-order valence-electron chi connectivity index (χ4n) is 2.21. The van der Waals surface area contributed by atoms with Gasteiger partial charge in [0.1, 0.15) is 11.6 Å². The minimum Gasteiger partial charge on any atom is -0.497 e. The van der Waals surface area contributed by atoms with E-state index in [1.54, 1.807) is 19.4 Å². The summed E-state index contributed by atoms with van der Waals surface area (Å²) >= 11 is 0. The first-order valence-corrected chi connectivity index (χ1v) is 7.86. The Bertz CT molecular complexity index is 760. The summed E-state index contributed by atoms with van der Waals surface area (Å²) < 4.78 is 5.15. The van der Waals surface area contributed by atoms with Crippen LogP contribution in [0.1, 0.15) is 18.4 Å². The molecule has 1 aromatic heterocycles. The third kappa shape index (κ3) is 4.23. The van der Waals surface area contributed by atoms with E-state index >= 15 is 0 Å². The van der Waals surface area contributed by atoms with Gasteiger partial charge in [0, 0.05) is 30.1 Å². The van der Waals surface area contributed by atoms with E-state index in [9.17, 15) is 0 Å². The second-order valence-corrected chi connectivity index (χ2v) is 5.64. The highest BCUT2D eigenvalue weighted by Crippen LogP contribution is 2.29. The molecular weight excluding hydrogens is 302 g/mol. The van der Waals surface area contributed by atoms with Gasteiger partial charge in [0.25, 0.3) is 0 Å². The fourth-order valence-corrected chi connectivity index (χ4v) is 2.21. The molecule has 0 atom stereocenters. The SMILES string of the molecule is COc1ccc(Nc2ncc(/C=C/C#N)c(NCC3CC3)n2)cc1. The van der Waals surface area contributed by atoms with E-state index in [2.05, 4.69) is 20.6 Å². The zero-order valence-corrected chi connectivity index (χ0v) is 13.5. The van der Waals surface area contributed by atoms with Crippen LogP contribution in [0.5, 0.6) is 5.75 Å². The van der Waals surface area contributed by atoms with Gasteiger partial charge in [0.2, 0.25) is 5.95 Å². The monoisotopic (exact) mass is 321 g/mol. The summed E-state index contributed by atoms with van der Waals surface area (Å²) in [6.45, 7) is 0.895. The zero-order chi connectivity index (χ0) is 16.8. The van der Waals surface area contributed by atoms with Crippen molar-refractivity contribution < 1.29 is 4.74 Å². The molecule has 0 saturated heterocycles. The molecule has 1 aromatic carbocycles. The predicted molar refractivity (Wildman–Crippen MR) is 94.2 cm³/mol. The van der Waals surface area contributed by atoms with Crippen LogP contribution in [0, 0.1) is 17.2 Å². The highest BCUT2D eigenvalue weighted by atomic mass is 16.5. The van der Waals surface area contributed by atoms with E-state index in [-0.39, 0.29) is 0 Å². The second-order valence-electron chi connectivity index (χ2n) is 5.64. The van der Waals surface area contributed by atoms with Gasteiger partial charge in [-0.25, -0.2) is 4.98 Å². The summed E-state index contributed by atoms with van der Waals surface area (Å²) in [5, 5.41) is 15.3. The van der Waals surface area contributed by atoms with Crippen LogP contribution in [0.15, 0.2) is 36.5 Å². The summed E-state index contributed by atoms with van der Waals surface area (Å²) in [4.78, 5) is 8.86. The number of benzene rings is 1. The van der Waals surface area contributed by atoms with Crippen LogP contribution in [-0.2, 0) is 0 Å². The molecule has 1 heterocycles. The van der Waals surface area contributed by atoms with E-state index in [0.717, 1.165) is 35.3 Å². The van der Waals surface area contributed by atoms with E-state index in [1.165, 1.54) is 18.9 Å². The first kappa shape index (κ1) is 15.8. The first-order chi connectivity index (χ1) is 11.8. The molecule has 2 aromatic rings. The maximum absolute atomic E-state index is 8.72. The molecule has 1 fully saturated rings. The van der Waals surface area contributed by atoms with Gasteiger partial charge in [-0.1, -0.05) is 0 Å². The van der Waals surface area contributed by atoms with E-state index < -0.39 is 0 Å². The number of nitriles is 1. The largest absolute Gasteiger partial charge is 0.497 e. The van der Waals surface area contributed by atoms with Gasteiger partial charge in [0.15, 0.2) is 0 Å². The molecule has 1 aliphatic rings. The lowest BCUT2D eigenvalue weighted by Gasteiger charge is -2.11. The van der Waals surface area contributed by atoms with Gasteiger partial charge in [-0.3, -0.25) is 0 Å². The molecule has 0 bridgehead atoms. The molecule has 3 rings (SSSR count). The number of anilines is 3. The predicted octanol–water partition coefficient (Wildman–Crippen LogP) is 3.59. The van der Waals surface area contributed by atoms with Gasteiger partial charge in [-0.2, -0.15) is 10.2 Å². The van der Waals surface area contributed by atoms with Gasteiger partial charge in [-0.05, 0) is 49.1 Å². The van der Waals surface area contributed by atoms with Crippen molar-refractivity contribution in [3.8, 4) is 11.8 Å². The number of methoxy groups -OCH3 is 1. The van der Waals surface area contributed by atoms with Crippen LogP contribution in [0.25, 0.3) is 6.08 Å². The van der Waals surface area contributed by atoms with Crippen molar-refractivity contribution in [1.29, 1.82) is 5.26 Å². The average Bonchev–Trinajstić information content (AvgIpc) is 3.44. The van der Waals surface area contributed by atoms with E-state index in [0.29, 0.717) is 5.95 Å². The van der Waals surface area contributed by atoms with E-state index in [4.69, 9.17) is 10.00 Å². The summed E-state index contributed by atoms with van der Waals surface area (Å²) in [5.41, 5.74) is 1.68. The molecule has 6 heteroatoms. The van der Waals surface area contributed by atoms with Crippen LogP contribution in [-0.4, -0.2) is 23.6 Å². The second kappa shape index (κ2) is 7.47. The topological polar surface area (TPSA) is 82.9 Å². The van der Waals surface area contributed by atoms with Crippen molar-refractivity contribution >= 4 is 23.5 Å².